The molecule has 96 valence electrons. The summed E-state index contributed by atoms with van der Waals surface area (Å²) >= 11 is 7.15. The molecule has 0 heterocycles. The normalized spacial score (nSPS) is 9.95. The highest BCUT2D eigenvalue weighted by Gasteiger charge is 2.09. The highest BCUT2D eigenvalue weighted by molar-refractivity contribution is 14.1. The minimum atomic E-state index is -0.180. The highest BCUT2D eigenvalue weighted by Crippen LogP contribution is 2.16. The summed E-state index contributed by atoms with van der Waals surface area (Å²) in [4.78, 5) is 12.4. The van der Waals surface area contributed by atoms with Crippen LogP contribution in [0.4, 0.5) is 5.69 Å². The number of benzene rings is 2. The summed E-state index contributed by atoms with van der Waals surface area (Å²) in [6.07, 6.45) is 0. The van der Waals surface area contributed by atoms with E-state index in [4.69, 9.17) is 18.0 Å². The maximum Gasteiger partial charge on any atom is 0.255 e. The number of carbonyl (C=O) groups is 1. The van der Waals surface area contributed by atoms with E-state index >= 15 is 0 Å². The number of nitrogens with two attached hydrogens (primary N) is 1. The minimum absolute atomic E-state index is 0.180. The molecule has 3 nitrogen and oxygen atoms in total. The van der Waals surface area contributed by atoms with E-state index < -0.39 is 0 Å². The average molecular weight is 382 g/mol. The summed E-state index contributed by atoms with van der Waals surface area (Å²) in [5.74, 6) is -0.180. The van der Waals surface area contributed by atoms with Crippen molar-refractivity contribution in [1.82, 2.24) is 0 Å². The molecule has 0 radical (unpaired) electrons. The first-order valence-electron chi connectivity index (χ1n) is 5.53. The van der Waals surface area contributed by atoms with Crippen LogP contribution in [0.15, 0.2) is 48.5 Å². The van der Waals surface area contributed by atoms with Crippen LogP contribution >= 0.6 is 34.8 Å². The van der Waals surface area contributed by atoms with E-state index in [2.05, 4.69) is 27.9 Å². The van der Waals surface area contributed by atoms with Crippen molar-refractivity contribution in [2.45, 2.75) is 0 Å². The molecule has 0 bridgehead atoms. The number of halogens is 1. The molecule has 2 aromatic carbocycles. The maximum absolute atomic E-state index is 12.1. The van der Waals surface area contributed by atoms with Crippen molar-refractivity contribution in [1.29, 1.82) is 0 Å². The fraction of sp³-hybridized carbons (Fsp3) is 0. The van der Waals surface area contributed by atoms with E-state index in [0.717, 1.165) is 3.57 Å². The number of thiocarbonyl (C=S) groups is 1. The van der Waals surface area contributed by atoms with E-state index in [-0.39, 0.29) is 10.9 Å². The number of nitrogens with one attached hydrogen (secondary N) is 1. The third-order valence-corrected chi connectivity index (χ3v) is 3.49. The second kappa shape index (κ2) is 6.12. The van der Waals surface area contributed by atoms with Gasteiger partial charge in [-0.15, -0.1) is 0 Å². The van der Waals surface area contributed by atoms with Crippen LogP contribution < -0.4 is 11.1 Å². The van der Waals surface area contributed by atoms with Gasteiger partial charge in [-0.3, -0.25) is 4.79 Å². The van der Waals surface area contributed by atoms with Gasteiger partial charge in [0.25, 0.3) is 5.91 Å². The van der Waals surface area contributed by atoms with Gasteiger partial charge >= 0.3 is 0 Å². The van der Waals surface area contributed by atoms with Crippen LogP contribution in [0.1, 0.15) is 15.9 Å². The molecule has 0 spiro atoms. The molecule has 0 saturated heterocycles. The molecule has 0 aliphatic carbocycles. The molecule has 2 aromatic rings. The summed E-state index contributed by atoms with van der Waals surface area (Å²) in [5.41, 5.74) is 7.51. The average Bonchev–Trinajstić information content (AvgIpc) is 2.39. The predicted octanol–water partition coefficient (Wildman–Crippen LogP) is 3.18. The Morgan fingerprint density at radius 2 is 1.74 bits per heavy atom. The third-order valence-electron chi connectivity index (χ3n) is 2.55. The van der Waals surface area contributed by atoms with Crippen molar-refractivity contribution >= 4 is 51.4 Å². The summed E-state index contributed by atoms with van der Waals surface area (Å²) in [6, 6.07) is 14.5. The minimum Gasteiger partial charge on any atom is -0.389 e. The quantitative estimate of drug-likeness (QED) is 0.634. The molecule has 0 aliphatic rings. The fourth-order valence-electron chi connectivity index (χ4n) is 1.60. The smallest absolute Gasteiger partial charge is 0.255 e. The van der Waals surface area contributed by atoms with Gasteiger partial charge in [-0.25, -0.2) is 0 Å². The second-order valence-corrected chi connectivity index (χ2v) is 5.56. The second-order valence-electron chi connectivity index (χ2n) is 3.87. The lowest BCUT2D eigenvalue weighted by atomic mass is 10.1. The summed E-state index contributed by atoms with van der Waals surface area (Å²) in [6.45, 7) is 0. The van der Waals surface area contributed by atoms with Crippen molar-refractivity contribution in [3.8, 4) is 0 Å². The monoisotopic (exact) mass is 382 g/mol. The Kier molecular flexibility index (Phi) is 4.49. The molecular weight excluding hydrogens is 371 g/mol. The predicted molar refractivity (Wildman–Crippen MR) is 89.4 cm³/mol. The van der Waals surface area contributed by atoms with Crippen LogP contribution in [0.25, 0.3) is 0 Å². The Morgan fingerprint density at radius 3 is 2.37 bits per heavy atom. The zero-order valence-electron chi connectivity index (χ0n) is 9.89. The summed E-state index contributed by atoms with van der Waals surface area (Å²) in [7, 11) is 0. The topological polar surface area (TPSA) is 55.1 Å². The number of hydrogen-bond acceptors (Lipinski definition) is 2. The van der Waals surface area contributed by atoms with Gasteiger partial charge in [-0.2, -0.15) is 0 Å². The van der Waals surface area contributed by atoms with Crippen LogP contribution in [-0.2, 0) is 0 Å². The van der Waals surface area contributed by atoms with E-state index in [0.29, 0.717) is 16.8 Å². The van der Waals surface area contributed by atoms with Crippen LogP contribution in [0.3, 0.4) is 0 Å². The van der Waals surface area contributed by atoms with Gasteiger partial charge in [0, 0.05) is 14.7 Å². The molecule has 0 atom stereocenters. The summed E-state index contributed by atoms with van der Waals surface area (Å²) < 4.78 is 1.08. The Bertz CT molecular complexity index is 626. The Hall–Kier alpha value is -1.47. The van der Waals surface area contributed by atoms with Crippen molar-refractivity contribution in [2.24, 2.45) is 5.73 Å². The number of rotatable bonds is 3. The van der Waals surface area contributed by atoms with Gasteiger partial charge in [-0.05, 0) is 59.0 Å². The zero-order valence-corrected chi connectivity index (χ0v) is 12.9. The lowest BCUT2D eigenvalue weighted by molar-refractivity contribution is 0.102. The van der Waals surface area contributed by atoms with Crippen LogP contribution in [-0.4, -0.2) is 10.9 Å². The van der Waals surface area contributed by atoms with Crippen LogP contribution in [0.2, 0.25) is 0 Å². The van der Waals surface area contributed by atoms with Gasteiger partial charge in [0.2, 0.25) is 0 Å². The molecule has 0 unspecified atom stereocenters. The van der Waals surface area contributed by atoms with Gasteiger partial charge in [0.15, 0.2) is 0 Å². The van der Waals surface area contributed by atoms with Crippen molar-refractivity contribution < 1.29 is 4.79 Å². The fourth-order valence-corrected chi connectivity index (χ4v) is 2.14. The standard InChI is InChI=1S/C14H11IN2OS/c15-10-7-5-9(6-8-10)14(18)17-12-4-2-1-3-11(12)13(16)19/h1-8H,(H2,16,19)(H,17,18). The first kappa shape index (κ1) is 14.0. The Labute approximate surface area is 130 Å². The number of hydrogen-bond donors (Lipinski definition) is 2. The van der Waals surface area contributed by atoms with E-state index in [1.807, 2.05) is 24.3 Å². The molecule has 0 fully saturated rings. The zero-order chi connectivity index (χ0) is 13.8. The Morgan fingerprint density at radius 1 is 1.11 bits per heavy atom. The van der Waals surface area contributed by atoms with Gasteiger partial charge in [0.1, 0.15) is 4.99 Å². The number of amides is 1. The first-order valence-corrected chi connectivity index (χ1v) is 7.02. The lowest BCUT2D eigenvalue weighted by Gasteiger charge is -2.09. The number of carbonyl (C=O) groups excluding carboxylic acids is 1. The molecular formula is C14H11IN2OS. The third kappa shape index (κ3) is 3.51. The van der Waals surface area contributed by atoms with E-state index in [1.54, 1.807) is 24.3 Å². The van der Waals surface area contributed by atoms with Crippen molar-refractivity contribution in [2.75, 3.05) is 5.32 Å². The largest absolute Gasteiger partial charge is 0.389 e. The molecule has 0 saturated carbocycles. The van der Waals surface area contributed by atoms with Crippen LogP contribution in [0.5, 0.6) is 0 Å². The molecule has 0 aliphatic heterocycles. The van der Waals surface area contributed by atoms with E-state index in [1.165, 1.54) is 0 Å². The molecule has 1 amide bonds. The van der Waals surface area contributed by atoms with Crippen molar-refractivity contribution in [3.05, 3.63) is 63.2 Å². The number of para-hydroxylation sites is 1. The molecule has 0 aromatic heterocycles. The SMILES string of the molecule is NC(=S)c1ccccc1NC(=O)c1ccc(I)cc1. The van der Waals surface area contributed by atoms with E-state index in [9.17, 15) is 4.79 Å². The molecule has 3 N–H and O–H groups in total. The van der Waals surface area contributed by atoms with Crippen LogP contribution in [0, 0.1) is 3.57 Å². The van der Waals surface area contributed by atoms with Gasteiger partial charge in [-0.1, -0.05) is 24.4 Å². The number of anilines is 1. The molecule has 2 rings (SSSR count). The van der Waals surface area contributed by atoms with Gasteiger partial charge < -0.3 is 11.1 Å². The lowest BCUT2D eigenvalue weighted by Crippen LogP contribution is -2.17. The Balaban J connectivity index is 2.24. The summed E-state index contributed by atoms with van der Waals surface area (Å²) in [5, 5.41) is 2.82. The maximum atomic E-state index is 12.1. The highest BCUT2D eigenvalue weighted by atomic mass is 127. The van der Waals surface area contributed by atoms with Gasteiger partial charge in [0.05, 0.1) is 5.69 Å². The first-order chi connectivity index (χ1) is 9.08. The molecule has 19 heavy (non-hydrogen) atoms. The van der Waals surface area contributed by atoms with Crippen molar-refractivity contribution in [3.63, 3.8) is 0 Å². The molecule has 5 heteroatoms.